The Labute approximate surface area is 130 Å². The molecule has 0 atom stereocenters. The third-order valence-electron chi connectivity index (χ3n) is 2.81. The van der Waals surface area contributed by atoms with E-state index in [9.17, 15) is 18.0 Å². The minimum atomic E-state index is -3.07. The van der Waals surface area contributed by atoms with Gasteiger partial charge in [-0.1, -0.05) is 0 Å². The number of hydrogen-bond acceptors (Lipinski definition) is 3. The summed E-state index contributed by atoms with van der Waals surface area (Å²) in [5.41, 5.74) is -0.171. The number of nitrogens with one attached hydrogen (secondary N) is 2. The largest absolute Gasteiger partial charge is 0.433 e. The molecule has 0 fully saturated rings. The van der Waals surface area contributed by atoms with Gasteiger partial charge < -0.3 is 15.4 Å². The highest BCUT2D eigenvalue weighted by Crippen LogP contribution is 2.26. The number of ether oxygens (including phenoxy) is 1. The van der Waals surface area contributed by atoms with E-state index >= 15 is 0 Å². The topological polar surface area (TPSA) is 68.2 Å². The molecule has 6 nitrogen and oxygen atoms in total. The highest BCUT2D eigenvalue weighted by atomic mass is 19.3. The molecule has 0 saturated carbocycles. The van der Waals surface area contributed by atoms with Crippen molar-refractivity contribution in [3.63, 3.8) is 0 Å². The fourth-order valence-corrected chi connectivity index (χ4v) is 1.84. The number of urea groups is 1. The van der Waals surface area contributed by atoms with Crippen LogP contribution in [0.2, 0.25) is 0 Å². The molecule has 0 bridgehead atoms. The summed E-state index contributed by atoms with van der Waals surface area (Å²) in [5.74, 6) is -0.992. The van der Waals surface area contributed by atoms with Gasteiger partial charge in [-0.25, -0.2) is 9.18 Å². The Morgan fingerprint density at radius 1 is 1.39 bits per heavy atom. The number of carbonyl (C=O) groups is 1. The van der Waals surface area contributed by atoms with E-state index in [1.165, 1.54) is 0 Å². The minimum Gasteiger partial charge on any atom is -0.433 e. The van der Waals surface area contributed by atoms with Crippen molar-refractivity contribution in [1.29, 1.82) is 0 Å². The Morgan fingerprint density at radius 3 is 2.91 bits per heavy atom. The third-order valence-corrected chi connectivity index (χ3v) is 2.81. The lowest BCUT2D eigenvalue weighted by atomic mass is 10.3. The Balaban J connectivity index is 1.83. The van der Waals surface area contributed by atoms with E-state index in [0.717, 1.165) is 18.2 Å². The predicted molar refractivity (Wildman–Crippen MR) is 76.9 cm³/mol. The van der Waals surface area contributed by atoms with Crippen molar-refractivity contribution < 1.29 is 22.7 Å². The van der Waals surface area contributed by atoms with Gasteiger partial charge in [0.05, 0.1) is 5.69 Å². The van der Waals surface area contributed by atoms with Crippen LogP contribution in [0.4, 0.5) is 23.7 Å². The van der Waals surface area contributed by atoms with Crippen LogP contribution in [0.5, 0.6) is 5.75 Å². The number of aryl methyl sites for hydroxylation is 1. The molecular formula is C14H15F3N4O2. The van der Waals surface area contributed by atoms with Crippen LogP contribution in [0.25, 0.3) is 0 Å². The van der Waals surface area contributed by atoms with E-state index in [0.29, 0.717) is 19.5 Å². The van der Waals surface area contributed by atoms with Crippen molar-refractivity contribution in [1.82, 2.24) is 15.1 Å². The molecule has 2 rings (SSSR count). The lowest BCUT2D eigenvalue weighted by Crippen LogP contribution is -2.30. The standard InChI is InChI=1S/C14H15F3N4O2/c15-10-3-4-12(23-13(16)17)11(9-10)20-14(22)18-5-1-7-21-8-2-6-19-21/h2-4,6,8-9,13H,1,5,7H2,(H2,18,20,22). The molecule has 124 valence electrons. The number of hydrogen-bond donors (Lipinski definition) is 2. The molecule has 2 N–H and O–H groups in total. The number of rotatable bonds is 7. The van der Waals surface area contributed by atoms with E-state index < -0.39 is 18.5 Å². The number of carbonyl (C=O) groups excluding carboxylic acids is 1. The first kappa shape index (κ1) is 16.7. The van der Waals surface area contributed by atoms with Gasteiger partial charge in [-0.15, -0.1) is 0 Å². The molecule has 1 heterocycles. The van der Waals surface area contributed by atoms with Gasteiger partial charge in [0.1, 0.15) is 11.6 Å². The fourth-order valence-electron chi connectivity index (χ4n) is 1.84. The van der Waals surface area contributed by atoms with Crippen molar-refractivity contribution in [2.24, 2.45) is 0 Å². The smallest absolute Gasteiger partial charge is 0.387 e. The highest BCUT2D eigenvalue weighted by molar-refractivity contribution is 5.90. The fraction of sp³-hybridized carbons (Fsp3) is 0.286. The summed E-state index contributed by atoms with van der Waals surface area (Å²) >= 11 is 0. The minimum absolute atomic E-state index is 0.171. The summed E-state index contributed by atoms with van der Waals surface area (Å²) in [6, 6.07) is 4.03. The van der Waals surface area contributed by atoms with Crippen LogP contribution in [-0.2, 0) is 6.54 Å². The monoisotopic (exact) mass is 328 g/mol. The number of amides is 2. The van der Waals surface area contributed by atoms with Crippen LogP contribution in [-0.4, -0.2) is 29.0 Å². The Morgan fingerprint density at radius 2 is 2.22 bits per heavy atom. The summed E-state index contributed by atoms with van der Waals surface area (Å²) in [5, 5.41) is 8.83. The van der Waals surface area contributed by atoms with Gasteiger partial charge >= 0.3 is 12.6 Å². The molecule has 0 radical (unpaired) electrons. The number of alkyl halides is 2. The number of aromatic nitrogens is 2. The van der Waals surface area contributed by atoms with Crippen LogP contribution in [0, 0.1) is 5.82 Å². The van der Waals surface area contributed by atoms with Gasteiger partial charge in [-0.3, -0.25) is 4.68 Å². The lowest BCUT2D eigenvalue weighted by Gasteiger charge is -2.12. The van der Waals surface area contributed by atoms with E-state index in [4.69, 9.17) is 0 Å². The second-order valence-corrected chi connectivity index (χ2v) is 4.52. The van der Waals surface area contributed by atoms with Gasteiger partial charge in [-0.05, 0) is 24.6 Å². The Hall–Kier alpha value is -2.71. The summed E-state index contributed by atoms with van der Waals surface area (Å²) in [6.45, 7) is -2.11. The van der Waals surface area contributed by atoms with Crippen molar-refractivity contribution in [3.05, 3.63) is 42.5 Å². The number of nitrogens with zero attached hydrogens (tertiary/aromatic N) is 2. The zero-order chi connectivity index (χ0) is 16.7. The second kappa shape index (κ2) is 8.06. The summed E-state index contributed by atoms with van der Waals surface area (Å²) in [4.78, 5) is 11.7. The van der Waals surface area contributed by atoms with Gasteiger partial charge in [0.15, 0.2) is 0 Å². The summed E-state index contributed by atoms with van der Waals surface area (Å²) in [7, 11) is 0. The molecule has 0 spiro atoms. The highest BCUT2D eigenvalue weighted by Gasteiger charge is 2.12. The quantitative estimate of drug-likeness (QED) is 0.768. The lowest BCUT2D eigenvalue weighted by molar-refractivity contribution is -0.0494. The van der Waals surface area contributed by atoms with Gasteiger partial charge in [0.2, 0.25) is 0 Å². The molecule has 0 saturated heterocycles. The SMILES string of the molecule is O=C(NCCCn1cccn1)Nc1cc(F)ccc1OC(F)F. The van der Waals surface area contributed by atoms with E-state index in [-0.39, 0.29) is 11.4 Å². The van der Waals surface area contributed by atoms with E-state index in [2.05, 4.69) is 20.5 Å². The number of halogens is 3. The zero-order valence-corrected chi connectivity index (χ0v) is 12.0. The van der Waals surface area contributed by atoms with Crippen molar-refractivity contribution in [3.8, 4) is 5.75 Å². The Kier molecular flexibility index (Phi) is 5.84. The molecule has 2 aromatic rings. The molecular weight excluding hydrogens is 313 g/mol. The van der Waals surface area contributed by atoms with E-state index in [1.54, 1.807) is 23.1 Å². The van der Waals surface area contributed by atoms with Crippen LogP contribution >= 0.6 is 0 Å². The Bertz CT molecular complexity index is 635. The van der Waals surface area contributed by atoms with Gasteiger partial charge in [-0.2, -0.15) is 13.9 Å². The van der Waals surface area contributed by atoms with Crippen molar-refractivity contribution in [2.45, 2.75) is 19.6 Å². The van der Waals surface area contributed by atoms with Crippen molar-refractivity contribution in [2.75, 3.05) is 11.9 Å². The maximum absolute atomic E-state index is 13.2. The van der Waals surface area contributed by atoms with Gasteiger partial charge in [0, 0.05) is 31.5 Å². The van der Waals surface area contributed by atoms with Crippen LogP contribution in [0.15, 0.2) is 36.7 Å². The molecule has 0 aliphatic carbocycles. The molecule has 0 aliphatic heterocycles. The molecule has 0 aliphatic rings. The first-order chi connectivity index (χ1) is 11.0. The summed E-state index contributed by atoms with van der Waals surface area (Å²) < 4.78 is 43.6. The molecule has 1 aromatic heterocycles. The maximum atomic E-state index is 13.2. The molecule has 23 heavy (non-hydrogen) atoms. The van der Waals surface area contributed by atoms with Gasteiger partial charge in [0.25, 0.3) is 0 Å². The normalized spacial score (nSPS) is 10.6. The first-order valence-corrected chi connectivity index (χ1v) is 6.81. The predicted octanol–water partition coefficient (Wildman–Crippen LogP) is 2.84. The second-order valence-electron chi connectivity index (χ2n) is 4.52. The number of anilines is 1. The summed E-state index contributed by atoms with van der Waals surface area (Å²) in [6.07, 6.45) is 4.06. The van der Waals surface area contributed by atoms with E-state index in [1.807, 2.05) is 0 Å². The average molecular weight is 328 g/mol. The third kappa shape index (κ3) is 5.53. The molecule has 1 aromatic carbocycles. The van der Waals surface area contributed by atoms with Crippen LogP contribution in [0.1, 0.15) is 6.42 Å². The number of benzene rings is 1. The average Bonchev–Trinajstić information content (AvgIpc) is 2.99. The molecule has 2 amide bonds. The van der Waals surface area contributed by atoms with Crippen molar-refractivity contribution >= 4 is 11.7 Å². The maximum Gasteiger partial charge on any atom is 0.387 e. The van der Waals surface area contributed by atoms with Crippen LogP contribution in [0.3, 0.4) is 0 Å². The first-order valence-electron chi connectivity index (χ1n) is 6.81. The molecule has 9 heteroatoms. The van der Waals surface area contributed by atoms with Crippen LogP contribution < -0.4 is 15.4 Å². The molecule has 0 unspecified atom stereocenters. The zero-order valence-electron chi connectivity index (χ0n) is 12.0.